The van der Waals surface area contributed by atoms with Gasteiger partial charge < -0.3 is 15.0 Å². The number of benzene rings is 2. The third-order valence-corrected chi connectivity index (χ3v) is 5.74. The average Bonchev–Trinajstić information content (AvgIpc) is 2.74. The van der Waals surface area contributed by atoms with Crippen molar-refractivity contribution >= 4 is 23.4 Å². The van der Waals surface area contributed by atoms with E-state index in [9.17, 15) is 9.59 Å². The number of amides is 2. The molecule has 0 heterocycles. The van der Waals surface area contributed by atoms with Crippen molar-refractivity contribution < 1.29 is 14.3 Å². The van der Waals surface area contributed by atoms with Crippen LogP contribution in [-0.4, -0.2) is 35.4 Å². The van der Waals surface area contributed by atoms with E-state index in [4.69, 9.17) is 16.3 Å². The normalized spacial score (nSPS) is 12.7. The molecule has 2 unspecified atom stereocenters. The molecule has 0 aliphatic rings. The third kappa shape index (κ3) is 7.28. The Labute approximate surface area is 190 Å². The second-order valence-electron chi connectivity index (χ2n) is 7.95. The van der Waals surface area contributed by atoms with Gasteiger partial charge in [-0.25, -0.2) is 0 Å². The van der Waals surface area contributed by atoms with E-state index in [0.717, 1.165) is 23.1 Å². The zero-order chi connectivity index (χ0) is 23.0. The van der Waals surface area contributed by atoms with Crippen LogP contribution in [0.1, 0.15) is 50.3 Å². The summed E-state index contributed by atoms with van der Waals surface area (Å²) in [5.74, 6) is 0.198. The molecule has 2 aromatic carbocycles. The first-order chi connectivity index (χ1) is 14.7. The van der Waals surface area contributed by atoms with Crippen molar-refractivity contribution in [3.63, 3.8) is 0 Å². The highest BCUT2D eigenvalue weighted by atomic mass is 35.5. The van der Waals surface area contributed by atoms with E-state index in [1.165, 1.54) is 0 Å². The topological polar surface area (TPSA) is 58.6 Å². The third-order valence-electron chi connectivity index (χ3n) is 5.31. The van der Waals surface area contributed by atoms with Gasteiger partial charge in [-0.2, -0.15) is 0 Å². The number of halogens is 1. The lowest BCUT2D eigenvalue weighted by Crippen LogP contribution is -2.51. The number of carbonyl (C=O) groups is 2. The molecule has 2 aromatic rings. The molecule has 1 N–H and O–H groups in total. The Morgan fingerprint density at radius 2 is 1.84 bits per heavy atom. The van der Waals surface area contributed by atoms with E-state index in [1.54, 1.807) is 23.1 Å². The molecule has 0 saturated carbocycles. The second kappa shape index (κ2) is 11.8. The maximum absolute atomic E-state index is 13.2. The van der Waals surface area contributed by atoms with E-state index >= 15 is 0 Å². The second-order valence-corrected chi connectivity index (χ2v) is 8.36. The molecule has 5 nitrogen and oxygen atoms in total. The molecule has 0 spiro atoms. The van der Waals surface area contributed by atoms with Gasteiger partial charge in [0.1, 0.15) is 11.8 Å². The molecule has 2 rings (SSSR count). The molecule has 6 heteroatoms. The van der Waals surface area contributed by atoms with Gasteiger partial charge in [0.15, 0.2) is 6.61 Å². The number of hydrogen-bond donors (Lipinski definition) is 1. The molecule has 0 aliphatic heterocycles. The van der Waals surface area contributed by atoms with Gasteiger partial charge >= 0.3 is 0 Å². The van der Waals surface area contributed by atoms with Gasteiger partial charge in [-0.05, 0) is 62.9 Å². The minimum atomic E-state index is -0.572. The summed E-state index contributed by atoms with van der Waals surface area (Å²) in [4.78, 5) is 27.8. The number of carbonyl (C=O) groups excluding carboxylic acids is 2. The van der Waals surface area contributed by atoms with Crippen LogP contribution < -0.4 is 10.1 Å². The number of rotatable bonds is 10. The molecule has 0 saturated heterocycles. The van der Waals surface area contributed by atoms with Gasteiger partial charge in [0.25, 0.3) is 5.91 Å². The maximum atomic E-state index is 13.2. The predicted octanol–water partition coefficient (Wildman–Crippen LogP) is 5.06. The summed E-state index contributed by atoms with van der Waals surface area (Å²) < 4.78 is 5.74. The summed E-state index contributed by atoms with van der Waals surface area (Å²) in [6.07, 6.45) is 1.34. The molecule has 0 bridgehead atoms. The quantitative estimate of drug-likeness (QED) is 0.557. The number of aryl methyl sites for hydroxylation is 2. The molecular weight excluding hydrogens is 412 g/mol. The van der Waals surface area contributed by atoms with Crippen LogP contribution in [0.5, 0.6) is 5.75 Å². The van der Waals surface area contributed by atoms with Crippen LogP contribution in [-0.2, 0) is 16.1 Å². The van der Waals surface area contributed by atoms with Gasteiger partial charge in [-0.1, -0.05) is 55.3 Å². The highest BCUT2D eigenvalue weighted by molar-refractivity contribution is 6.31. The number of ether oxygens (including phenoxy) is 1. The van der Waals surface area contributed by atoms with Crippen LogP contribution in [0.25, 0.3) is 0 Å². The van der Waals surface area contributed by atoms with E-state index in [2.05, 4.69) is 5.32 Å². The Morgan fingerprint density at radius 3 is 2.45 bits per heavy atom. The minimum absolute atomic E-state index is 0.0470. The number of nitrogens with zero attached hydrogens (tertiary/aromatic N) is 1. The molecular formula is C25H33ClN2O3. The summed E-state index contributed by atoms with van der Waals surface area (Å²) in [6.45, 7) is 9.98. The van der Waals surface area contributed by atoms with E-state index in [1.807, 2.05) is 58.9 Å². The summed E-state index contributed by atoms with van der Waals surface area (Å²) in [5, 5.41) is 3.66. The summed E-state index contributed by atoms with van der Waals surface area (Å²) in [5.41, 5.74) is 2.96. The first-order valence-corrected chi connectivity index (χ1v) is 11.2. The zero-order valence-corrected chi connectivity index (χ0v) is 19.8. The Kier molecular flexibility index (Phi) is 9.38. The highest BCUT2D eigenvalue weighted by Crippen LogP contribution is 2.21. The van der Waals surface area contributed by atoms with Gasteiger partial charge in [0.05, 0.1) is 0 Å². The van der Waals surface area contributed by atoms with Gasteiger partial charge in [-0.3, -0.25) is 9.59 Å². The van der Waals surface area contributed by atoms with Crippen molar-refractivity contribution in [2.75, 3.05) is 6.61 Å². The van der Waals surface area contributed by atoms with Crippen LogP contribution in [0.15, 0.2) is 42.5 Å². The van der Waals surface area contributed by atoms with Gasteiger partial charge in [-0.15, -0.1) is 0 Å². The summed E-state index contributed by atoms with van der Waals surface area (Å²) >= 11 is 6.07. The highest BCUT2D eigenvalue weighted by Gasteiger charge is 2.29. The van der Waals surface area contributed by atoms with Gasteiger partial charge in [0.2, 0.25) is 5.91 Å². The number of nitrogens with one attached hydrogen (secondary N) is 1. The first-order valence-electron chi connectivity index (χ1n) is 10.8. The molecule has 0 aromatic heterocycles. The Balaban J connectivity index is 2.22. The predicted molar refractivity (Wildman–Crippen MR) is 125 cm³/mol. The standard InChI is InChI=1S/C25H33ClN2O3/c1-6-19(5)27-25(30)23(7-2)28(15-20-10-8-9-17(3)13-20)24(29)16-31-21-11-12-22(26)18(4)14-21/h8-14,19,23H,6-7,15-16H2,1-5H3,(H,27,30). The molecule has 0 fully saturated rings. The van der Waals surface area contributed by atoms with Crippen LogP contribution >= 0.6 is 11.6 Å². The van der Waals surface area contributed by atoms with Crippen LogP contribution in [0.3, 0.4) is 0 Å². The van der Waals surface area contributed by atoms with Crippen molar-refractivity contribution in [2.45, 2.75) is 66.1 Å². The molecule has 168 valence electrons. The fraction of sp³-hybridized carbons (Fsp3) is 0.440. The van der Waals surface area contributed by atoms with Crippen LogP contribution in [0.4, 0.5) is 0 Å². The zero-order valence-electron chi connectivity index (χ0n) is 19.1. The monoisotopic (exact) mass is 444 g/mol. The van der Waals surface area contributed by atoms with Crippen LogP contribution in [0, 0.1) is 13.8 Å². The maximum Gasteiger partial charge on any atom is 0.261 e. The van der Waals surface area contributed by atoms with E-state index in [0.29, 0.717) is 23.7 Å². The average molecular weight is 445 g/mol. The van der Waals surface area contributed by atoms with Crippen molar-refractivity contribution in [2.24, 2.45) is 0 Å². The van der Waals surface area contributed by atoms with Crippen molar-refractivity contribution in [1.29, 1.82) is 0 Å². The van der Waals surface area contributed by atoms with Crippen molar-refractivity contribution in [1.82, 2.24) is 10.2 Å². The lowest BCUT2D eigenvalue weighted by atomic mass is 10.1. The van der Waals surface area contributed by atoms with Crippen molar-refractivity contribution in [3.8, 4) is 5.75 Å². The van der Waals surface area contributed by atoms with Gasteiger partial charge in [0, 0.05) is 17.6 Å². The fourth-order valence-corrected chi connectivity index (χ4v) is 3.42. The largest absolute Gasteiger partial charge is 0.484 e. The summed E-state index contributed by atoms with van der Waals surface area (Å²) in [6, 6.07) is 12.7. The smallest absolute Gasteiger partial charge is 0.261 e. The molecule has 0 aliphatic carbocycles. The number of hydrogen-bond acceptors (Lipinski definition) is 3. The Morgan fingerprint density at radius 1 is 1.10 bits per heavy atom. The Hall–Kier alpha value is -2.53. The molecule has 2 atom stereocenters. The lowest BCUT2D eigenvalue weighted by Gasteiger charge is -2.31. The fourth-order valence-electron chi connectivity index (χ4n) is 3.30. The SMILES string of the molecule is CCC(C)NC(=O)C(CC)N(Cc1cccc(C)c1)C(=O)COc1ccc(Cl)c(C)c1. The molecule has 31 heavy (non-hydrogen) atoms. The minimum Gasteiger partial charge on any atom is -0.484 e. The lowest BCUT2D eigenvalue weighted by molar-refractivity contribution is -0.143. The summed E-state index contributed by atoms with van der Waals surface area (Å²) in [7, 11) is 0. The molecule has 0 radical (unpaired) electrons. The van der Waals surface area contributed by atoms with E-state index in [-0.39, 0.29) is 24.5 Å². The van der Waals surface area contributed by atoms with E-state index < -0.39 is 6.04 Å². The van der Waals surface area contributed by atoms with Crippen LogP contribution in [0.2, 0.25) is 5.02 Å². The first kappa shape index (κ1) is 24.7. The molecule has 2 amide bonds. The Bertz CT molecular complexity index is 900. The van der Waals surface area contributed by atoms with Crippen molar-refractivity contribution in [3.05, 3.63) is 64.2 Å².